The molecule has 1 amide bonds. The number of aromatic nitrogens is 2. The molecule has 0 spiro atoms. The average molecular weight is 464 g/mol. The highest BCUT2D eigenvalue weighted by atomic mass is 31.2. The van der Waals surface area contributed by atoms with Gasteiger partial charge in [0, 0.05) is 11.3 Å². The maximum atomic E-state index is 13.2. The van der Waals surface area contributed by atoms with Gasteiger partial charge in [-0.15, -0.1) is 6.42 Å². The summed E-state index contributed by atoms with van der Waals surface area (Å²) in [5.74, 6) is 3.71. The van der Waals surface area contributed by atoms with Crippen LogP contribution in [0.15, 0.2) is 42.7 Å². The van der Waals surface area contributed by atoms with Crippen molar-refractivity contribution in [2.45, 2.75) is 13.8 Å². The van der Waals surface area contributed by atoms with Crippen LogP contribution < -0.4 is 15.0 Å². The molecule has 1 aromatic heterocycles. The van der Waals surface area contributed by atoms with Crippen molar-refractivity contribution < 1.29 is 18.6 Å². The lowest BCUT2D eigenvalue weighted by atomic mass is 10.1. The van der Waals surface area contributed by atoms with E-state index >= 15 is 0 Å². The zero-order valence-corrected chi connectivity index (χ0v) is 19.5. The first-order valence-corrected chi connectivity index (χ1v) is 12.1. The summed E-state index contributed by atoms with van der Waals surface area (Å²) in [6, 6.07) is 11.2. The van der Waals surface area contributed by atoms with Crippen LogP contribution in [0.1, 0.15) is 19.4 Å². The van der Waals surface area contributed by atoms with Crippen molar-refractivity contribution in [2.75, 3.05) is 42.7 Å². The monoisotopic (exact) mass is 464 g/mol. The summed E-state index contributed by atoms with van der Waals surface area (Å²) in [6.07, 6.45) is 7.21. The molecule has 0 aliphatic carbocycles. The van der Waals surface area contributed by atoms with Crippen LogP contribution in [0.4, 0.5) is 17.2 Å². The number of fused-ring (bicyclic) bond motifs is 3. The van der Waals surface area contributed by atoms with E-state index in [2.05, 4.69) is 21.2 Å². The van der Waals surface area contributed by atoms with Gasteiger partial charge >= 0.3 is 0 Å². The smallest absolute Gasteiger partial charge is 0.236 e. The molecule has 1 aliphatic heterocycles. The number of rotatable bonds is 8. The Hall–Kier alpha value is -3.24. The van der Waals surface area contributed by atoms with Gasteiger partial charge in [-0.3, -0.25) is 4.79 Å². The van der Waals surface area contributed by atoms with E-state index in [0.29, 0.717) is 54.5 Å². The lowest BCUT2D eigenvalue weighted by Crippen LogP contribution is -2.39. The molecule has 1 aliphatic rings. The fourth-order valence-corrected chi connectivity index (χ4v) is 4.84. The largest absolute Gasteiger partial charge is 0.489 e. The van der Waals surface area contributed by atoms with E-state index in [9.17, 15) is 4.79 Å². The summed E-state index contributed by atoms with van der Waals surface area (Å²) < 4.78 is 17.3. The number of hydrogen-bond acceptors (Lipinski definition) is 7. The Balaban J connectivity index is 1.69. The second-order valence-electron chi connectivity index (χ2n) is 7.10. The summed E-state index contributed by atoms with van der Waals surface area (Å²) in [7, 11) is -1.28. The Labute approximate surface area is 194 Å². The van der Waals surface area contributed by atoms with Crippen molar-refractivity contribution in [2.24, 2.45) is 0 Å². The van der Waals surface area contributed by atoms with E-state index in [4.69, 9.17) is 20.2 Å². The van der Waals surface area contributed by atoms with E-state index in [0.717, 1.165) is 11.3 Å². The molecular formula is C24H25N4O4P. The SMILES string of the molecule is C#Cc1cccc(Nc2ncnc3ccc4c(c23)OCCN4C(=O)CP(OCC)OCC)c1. The number of terminal acetylenes is 1. The maximum Gasteiger partial charge on any atom is 0.236 e. The third-order valence-corrected chi connectivity index (χ3v) is 6.61. The molecule has 33 heavy (non-hydrogen) atoms. The standard InChI is InChI=1S/C24H25N4O4P/c1-4-17-8-7-9-18(14-17)27-24-22-19(25-16-26-24)10-11-20-23(22)30-13-12-28(20)21(29)15-33(31-5-2)32-6-3/h1,7-11,14,16H,5-6,12-13,15H2,2-3H3,(H,25,26,27). The van der Waals surface area contributed by atoms with Gasteiger partial charge in [-0.1, -0.05) is 12.0 Å². The summed E-state index contributed by atoms with van der Waals surface area (Å²) in [4.78, 5) is 23.7. The molecule has 170 valence electrons. The minimum Gasteiger partial charge on any atom is -0.489 e. The number of ether oxygens (including phenoxy) is 1. The molecule has 0 unspecified atom stereocenters. The van der Waals surface area contributed by atoms with E-state index in [1.54, 1.807) is 4.90 Å². The Morgan fingerprint density at radius 1 is 1.24 bits per heavy atom. The minimum absolute atomic E-state index is 0.0695. The van der Waals surface area contributed by atoms with Crippen LogP contribution >= 0.6 is 8.38 Å². The van der Waals surface area contributed by atoms with Crippen molar-refractivity contribution >= 4 is 42.4 Å². The highest BCUT2D eigenvalue weighted by molar-refractivity contribution is 7.48. The van der Waals surface area contributed by atoms with Crippen LogP contribution in [0.3, 0.4) is 0 Å². The maximum absolute atomic E-state index is 13.2. The highest BCUT2D eigenvalue weighted by Gasteiger charge is 2.29. The second-order valence-corrected chi connectivity index (χ2v) is 8.60. The van der Waals surface area contributed by atoms with Crippen LogP contribution in [0.25, 0.3) is 10.9 Å². The number of anilines is 3. The fourth-order valence-electron chi connectivity index (χ4n) is 3.62. The van der Waals surface area contributed by atoms with Gasteiger partial charge < -0.3 is 24.0 Å². The average Bonchev–Trinajstić information content (AvgIpc) is 2.84. The van der Waals surface area contributed by atoms with Gasteiger partial charge in [-0.25, -0.2) is 9.97 Å². The number of carbonyl (C=O) groups is 1. The summed E-state index contributed by atoms with van der Waals surface area (Å²) in [5.41, 5.74) is 2.94. The van der Waals surface area contributed by atoms with Crippen LogP contribution in [0.5, 0.6) is 5.75 Å². The topological polar surface area (TPSA) is 85.8 Å². The Kier molecular flexibility index (Phi) is 7.36. The number of amides is 1. The molecule has 2 heterocycles. The number of nitrogens with zero attached hydrogens (tertiary/aromatic N) is 3. The zero-order valence-electron chi connectivity index (χ0n) is 18.6. The van der Waals surface area contributed by atoms with E-state index in [-0.39, 0.29) is 12.1 Å². The predicted molar refractivity (Wildman–Crippen MR) is 130 cm³/mol. The number of hydrogen-bond donors (Lipinski definition) is 1. The van der Waals surface area contributed by atoms with Crippen LogP contribution in [0.2, 0.25) is 0 Å². The minimum atomic E-state index is -1.28. The van der Waals surface area contributed by atoms with Gasteiger partial charge in [0.15, 0.2) is 14.1 Å². The van der Waals surface area contributed by atoms with Crippen LogP contribution in [-0.4, -0.2) is 48.4 Å². The van der Waals surface area contributed by atoms with Crippen molar-refractivity contribution in [1.29, 1.82) is 0 Å². The van der Waals surface area contributed by atoms with Crippen LogP contribution in [0, 0.1) is 12.3 Å². The molecule has 9 heteroatoms. The van der Waals surface area contributed by atoms with Gasteiger partial charge in [0.05, 0.1) is 42.5 Å². The number of nitrogens with one attached hydrogen (secondary N) is 1. The van der Waals surface area contributed by atoms with Crippen molar-refractivity contribution in [3.63, 3.8) is 0 Å². The van der Waals surface area contributed by atoms with Gasteiger partial charge in [-0.05, 0) is 44.2 Å². The van der Waals surface area contributed by atoms with Crippen molar-refractivity contribution in [3.05, 3.63) is 48.3 Å². The summed E-state index contributed by atoms with van der Waals surface area (Å²) >= 11 is 0. The molecule has 4 rings (SSSR count). The lowest BCUT2D eigenvalue weighted by molar-refractivity contribution is -0.116. The van der Waals surface area contributed by atoms with Crippen molar-refractivity contribution in [1.82, 2.24) is 9.97 Å². The molecule has 0 bridgehead atoms. The van der Waals surface area contributed by atoms with Gasteiger partial charge in [-0.2, -0.15) is 0 Å². The van der Waals surface area contributed by atoms with Crippen molar-refractivity contribution in [3.8, 4) is 18.1 Å². The molecule has 1 N–H and O–H groups in total. The molecule has 0 atom stereocenters. The normalized spacial score (nSPS) is 12.8. The van der Waals surface area contributed by atoms with Gasteiger partial charge in [0.2, 0.25) is 5.91 Å². The van der Waals surface area contributed by atoms with Gasteiger partial charge in [0.25, 0.3) is 0 Å². The van der Waals surface area contributed by atoms with Gasteiger partial charge in [0.1, 0.15) is 18.8 Å². The predicted octanol–water partition coefficient (Wildman–Crippen LogP) is 4.47. The first kappa shape index (κ1) is 22.9. The summed E-state index contributed by atoms with van der Waals surface area (Å²) in [6.45, 7) is 5.58. The number of carbonyl (C=O) groups excluding carboxylic acids is 1. The first-order chi connectivity index (χ1) is 16.1. The third kappa shape index (κ3) is 5.07. The quantitative estimate of drug-likeness (QED) is 0.389. The zero-order chi connectivity index (χ0) is 23.2. The molecule has 8 nitrogen and oxygen atoms in total. The lowest BCUT2D eigenvalue weighted by Gasteiger charge is -2.31. The molecule has 0 fully saturated rings. The number of benzene rings is 2. The fraction of sp³-hybridized carbons (Fsp3) is 0.292. The van der Waals surface area contributed by atoms with Crippen LogP contribution in [-0.2, 0) is 13.8 Å². The molecule has 2 aromatic carbocycles. The second kappa shape index (κ2) is 10.6. The first-order valence-electron chi connectivity index (χ1n) is 10.7. The third-order valence-electron chi connectivity index (χ3n) is 4.99. The molecular weight excluding hydrogens is 439 g/mol. The van der Waals surface area contributed by atoms with E-state index in [1.807, 2.05) is 50.2 Å². The summed E-state index contributed by atoms with van der Waals surface area (Å²) in [5, 5.41) is 4.02. The molecule has 0 saturated heterocycles. The Morgan fingerprint density at radius 3 is 2.82 bits per heavy atom. The highest BCUT2D eigenvalue weighted by Crippen LogP contribution is 2.43. The Morgan fingerprint density at radius 2 is 2.06 bits per heavy atom. The molecule has 3 aromatic rings. The van der Waals surface area contributed by atoms with E-state index < -0.39 is 8.38 Å². The van der Waals surface area contributed by atoms with E-state index in [1.165, 1.54) is 6.33 Å². The molecule has 0 radical (unpaired) electrons. The molecule has 0 saturated carbocycles. The Bertz CT molecular complexity index is 1190.